The molecule has 27 heavy (non-hydrogen) atoms. The maximum absolute atomic E-state index is 13.4. The van der Waals surface area contributed by atoms with Crippen molar-refractivity contribution in [2.45, 2.75) is 64.8 Å². The van der Waals surface area contributed by atoms with Crippen LogP contribution in [0.2, 0.25) is 0 Å². The molecule has 6 heteroatoms. The third-order valence-electron chi connectivity index (χ3n) is 5.16. The van der Waals surface area contributed by atoms with Gasteiger partial charge >= 0.3 is 0 Å². The number of hydrogen-bond acceptors (Lipinski definition) is 2. The maximum atomic E-state index is 13.4. The Morgan fingerprint density at radius 2 is 1.74 bits per heavy atom. The summed E-state index contributed by atoms with van der Waals surface area (Å²) >= 11 is 0. The lowest BCUT2D eigenvalue weighted by atomic mass is 9.73. The zero-order chi connectivity index (χ0) is 20.2. The number of nitrogens with one attached hydrogen (secondary N) is 1. The van der Waals surface area contributed by atoms with Crippen LogP contribution in [0, 0.1) is 29.4 Å². The van der Waals surface area contributed by atoms with E-state index in [0.29, 0.717) is 17.9 Å². The van der Waals surface area contributed by atoms with Crippen molar-refractivity contribution in [3.8, 4) is 0 Å². The van der Waals surface area contributed by atoms with Crippen LogP contribution >= 0.6 is 0 Å². The van der Waals surface area contributed by atoms with Crippen LogP contribution in [0.15, 0.2) is 18.2 Å². The third-order valence-corrected chi connectivity index (χ3v) is 5.16. The normalized spacial score (nSPS) is 17.1. The molecule has 4 nitrogen and oxygen atoms in total. The Bertz CT molecular complexity index is 661. The van der Waals surface area contributed by atoms with E-state index < -0.39 is 34.9 Å². The Morgan fingerprint density at radius 3 is 2.19 bits per heavy atom. The molecule has 0 radical (unpaired) electrons. The van der Waals surface area contributed by atoms with E-state index >= 15 is 0 Å². The van der Waals surface area contributed by atoms with Gasteiger partial charge < -0.3 is 11.1 Å². The van der Waals surface area contributed by atoms with Crippen molar-refractivity contribution in [2.75, 3.05) is 0 Å². The molecule has 1 aliphatic rings. The number of carbonyl (C=O) groups excluding carboxylic acids is 2. The van der Waals surface area contributed by atoms with Crippen LogP contribution in [0.25, 0.3) is 0 Å². The highest BCUT2D eigenvalue weighted by Gasteiger charge is 2.36. The fourth-order valence-corrected chi connectivity index (χ4v) is 3.62. The largest absolute Gasteiger partial charge is 0.369 e. The monoisotopic (exact) mass is 380 g/mol. The lowest BCUT2D eigenvalue weighted by Crippen LogP contribution is -2.48. The molecule has 0 spiro atoms. The van der Waals surface area contributed by atoms with Gasteiger partial charge in [-0.05, 0) is 63.6 Å². The van der Waals surface area contributed by atoms with Crippen LogP contribution in [0.4, 0.5) is 8.78 Å². The summed E-state index contributed by atoms with van der Waals surface area (Å²) < 4.78 is 26.8. The molecular weight excluding hydrogens is 350 g/mol. The fraction of sp³-hybridized carbons (Fsp3) is 0.619. The van der Waals surface area contributed by atoms with Crippen LogP contribution in [0.1, 0.15) is 58.4 Å². The molecule has 0 heterocycles. The van der Waals surface area contributed by atoms with Gasteiger partial charge in [-0.25, -0.2) is 8.78 Å². The van der Waals surface area contributed by atoms with Crippen LogP contribution in [-0.4, -0.2) is 17.4 Å². The summed E-state index contributed by atoms with van der Waals surface area (Å²) in [5.41, 5.74) is 5.67. The molecule has 2 amide bonds. The molecule has 3 N–H and O–H groups in total. The van der Waals surface area contributed by atoms with E-state index in [2.05, 4.69) is 5.32 Å². The fourth-order valence-electron chi connectivity index (χ4n) is 3.62. The Hall–Kier alpha value is -1.98. The number of nitrogens with two attached hydrogens (primary N) is 1. The van der Waals surface area contributed by atoms with E-state index in [0.717, 1.165) is 25.3 Å². The lowest BCUT2D eigenvalue weighted by molar-refractivity contribution is -0.135. The molecule has 2 atom stereocenters. The van der Waals surface area contributed by atoms with Crippen molar-refractivity contribution >= 4 is 11.8 Å². The number of carbonyl (C=O) groups is 2. The van der Waals surface area contributed by atoms with Crippen molar-refractivity contribution in [3.05, 3.63) is 35.4 Å². The summed E-state index contributed by atoms with van der Waals surface area (Å²) in [6.45, 7) is 5.67. The summed E-state index contributed by atoms with van der Waals surface area (Å²) in [6.07, 6.45) is 4.44. The SMILES string of the molecule is CC(C)(C)NC(=O)[C@H](CC1CCC1)[C@H](CCc1cc(F)cc(F)c1)C(N)=O. The summed E-state index contributed by atoms with van der Waals surface area (Å²) in [6, 6.07) is 3.31. The second kappa shape index (κ2) is 8.81. The second-order valence-corrected chi connectivity index (χ2v) is 8.70. The Balaban J connectivity index is 2.15. The van der Waals surface area contributed by atoms with Crippen molar-refractivity contribution in [3.63, 3.8) is 0 Å². The molecule has 1 aromatic rings. The molecule has 0 aromatic heterocycles. The molecule has 1 saturated carbocycles. The molecule has 0 aliphatic heterocycles. The highest BCUT2D eigenvalue weighted by molar-refractivity contribution is 5.87. The van der Waals surface area contributed by atoms with Gasteiger partial charge in [0, 0.05) is 23.4 Å². The number of hydrogen-bond donors (Lipinski definition) is 2. The summed E-state index contributed by atoms with van der Waals surface area (Å²) in [4.78, 5) is 25.0. The third kappa shape index (κ3) is 6.60. The minimum atomic E-state index is -0.667. The predicted molar refractivity (Wildman–Crippen MR) is 101 cm³/mol. The van der Waals surface area contributed by atoms with Gasteiger partial charge in [0.15, 0.2) is 0 Å². The zero-order valence-electron chi connectivity index (χ0n) is 16.4. The zero-order valence-corrected chi connectivity index (χ0v) is 16.4. The Morgan fingerprint density at radius 1 is 1.15 bits per heavy atom. The standard InChI is InChI=1S/C21H30F2N2O2/c1-21(2,3)25-20(27)18(11-13-5-4-6-13)17(19(24)26)8-7-14-9-15(22)12-16(23)10-14/h9-10,12-13,17-18H,4-8,11H2,1-3H3,(H2,24,26)(H,25,27)/t17-,18+/m0/s1. The molecule has 2 rings (SSSR count). The van der Waals surface area contributed by atoms with Gasteiger partial charge in [0.2, 0.25) is 11.8 Å². The number of primary amides is 1. The van der Waals surface area contributed by atoms with Crippen molar-refractivity contribution in [1.82, 2.24) is 5.32 Å². The minimum absolute atomic E-state index is 0.177. The van der Waals surface area contributed by atoms with Crippen molar-refractivity contribution < 1.29 is 18.4 Å². The molecule has 0 unspecified atom stereocenters. The number of benzene rings is 1. The van der Waals surface area contributed by atoms with E-state index in [4.69, 9.17) is 5.73 Å². The number of aryl methyl sites for hydroxylation is 1. The molecule has 0 saturated heterocycles. The molecule has 0 bridgehead atoms. The van der Waals surface area contributed by atoms with Crippen LogP contribution in [0.5, 0.6) is 0 Å². The van der Waals surface area contributed by atoms with Gasteiger partial charge in [-0.1, -0.05) is 19.3 Å². The van der Waals surface area contributed by atoms with Gasteiger partial charge in [-0.2, -0.15) is 0 Å². The first-order chi connectivity index (χ1) is 12.5. The number of halogens is 2. The summed E-state index contributed by atoms with van der Waals surface area (Å²) in [7, 11) is 0. The Labute approximate surface area is 159 Å². The van der Waals surface area contributed by atoms with Crippen LogP contribution < -0.4 is 11.1 Å². The molecular formula is C21H30F2N2O2. The van der Waals surface area contributed by atoms with E-state index in [-0.39, 0.29) is 18.7 Å². The first-order valence-electron chi connectivity index (χ1n) is 9.61. The number of rotatable bonds is 8. The number of amides is 2. The van der Waals surface area contributed by atoms with E-state index in [1.807, 2.05) is 20.8 Å². The minimum Gasteiger partial charge on any atom is -0.369 e. The van der Waals surface area contributed by atoms with Gasteiger partial charge in [0.1, 0.15) is 11.6 Å². The smallest absolute Gasteiger partial charge is 0.224 e. The summed E-state index contributed by atoms with van der Waals surface area (Å²) in [5.74, 6) is -2.79. The van der Waals surface area contributed by atoms with Gasteiger partial charge in [0.05, 0.1) is 0 Å². The highest BCUT2D eigenvalue weighted by Crippen LogP contribution is 2.36. The average molecular weight is 380 g/mol. The predicted octanol–water partition coefficient (Wildman–Crippen LogP) is 3.72. The van der Waals surface area contributed by atoms with E-state index in [9.17, 15) is 18.4 Å². The molecule has 1 fully saturated rings. The molecule has 1 aromatic carbocycles. The Kier molecular flexibility index (Phi) is 6.95. The van der Waals surface area contributed by atoms with Crippen molar-refractivity contribution in [2.24, 2.45) is 23.5 Å². The summed E-state index contributed by atoms with van der Waals surface area (Å²) in [5, 5.41) is 2.96. The first kappa shape index (κ1) is 21.3. The average Bonchev–Trinajstić information content (AvgIpc) is 2.45. The topological polar surface area (TPSA) is 72.2 Å². The van der Waals surface area contributed by atoms with Crippen molar-refractivity contribution in [1.29, 1.82) is 0 Å². The first-order valence-corrected chi connectivity index (χ1v) is 9.61. The molecule has 1 aliphatic carbocycles. The lowest BCUT2D eigenvalue weighted by Gasteiger charge is -2.34. The van der Waals surface area contributed by atoms with Crippen LogP contribution in [-0.2, 0) is 16.0 Å². The van der Waals surface area contributed by atoms with E-state index in [1.165, 1.54) is 12.1 Å². The van der Waals surface area contributed by atoms with Gasteiger partial charge in [0.25, 0.3) is 0 Å². The highest BCUT2D eigenvalue weighted by atomic mass is 19.1. The van der Waals surface area contributed by atoms with Crippen LogP contribution in [0.3, 0.4) is 0 Å². The quantitative estimate of drug-likeness (QED) is 0.721. The second-order valence-electron chi connectivity index (χ2n) is 8.70. The molecule has 150 valence electrons. The maximum Gasteiger partial charge on any atom is 0.224 e. The van der Waals surface area contributed by atoms with Gasteiger partial charge in [-0.3, -0.25) is 9.59 Å². The van der Waals surface area contributed by atoms with Gasteiger partial charge in [-0.15, -0.1) is 0 Å². The van der Waals surface area contributed by atoms with E-state index in [1.54, 1.807) is 0 Å².